The molecule has 1 heterocycles. The quantitative estimate of drug-likeness (QED) is 0.615. The highest BCUT2D eigenvalue weighted by molar-refractivity contribution is 7.99. The minimum atomic E-state index is -0.249. The Morgan fingerprint density at radius 2 is 1.88 bits per heavy atom. The summed E-state index contributed by atoms with van der Waals surface area (Å²) in [6.45, 7) is 4.47. The lowest BCUT2D eigenvalue weighted by Gasteiger charge is -2.31. The molecule has 1 aliphatic rings. The van der Waals surface area contributed by atoms with E-state index in [1.54, 1.807) is 7.11 Å². The first-order chi connectivity index (χ1) is 11.7. The van der Waals surface area contributed by atoms with Crippen LogP contribution in [0.3, 0.4) is 0 Å². The van der Waals surface area contributed by atoms with Crippen LogP contribution < -0.4 is 4.74 Å². The molecular weight excluding hydrogens is 316 g/mol. The minimum Gasteiger partial charge on any atom is -0.464 e. The maximum absolute atomic E-state index is 6.20. The first kappa shape index (κ1) is 17.4. The molecule has 24 heavy (non-hydrogen) atoms. The summed E-state index contributed by atoms with van der Waals surface area (Å²) in [7, 11) is 1.74. The molecule has 2 aromatic rings. The van der Waals surface area contributed by atoms with E-state index in [2.05, 4.69) is 62.4 Å². The van der Waals surface area contributed by atoms with Crippen LogP contribution in [-0.2, 0) is 4.74 Å². The van der Waals surface area contributed by atoms with Crippen LogP contribution in [0.25, 0.3) is 0 Å². The molecule has 0 N–H and O–H groups in total. The molecule has 0 aliphatic carbocycles. The van der Waals surface area contributed by atoms with Gasteiger partial charge in [0, 0.05) is 17.9 Å². The number of ether oxygens (including phenoxy) is 2. The van der Waals surface area contributed by atoms with E-state index in [0.717, 1.165) is 24.3 Å². The fourth-order valence-corrected chi connectivity index (χ4v) is 4.34. The number of thioether (sulfide) groups is 1. The van der Waals surface area contributed by atoms with Crippen LogP contribution in [0.1, 0.15) is 49.7 Å². The predicted octanol–water partition coefficient (Wildman–Crippen LogP) is 5.83. The highest BCUT2D eigenvalue weighted by Gasteiger charge is 2.29. The molecule has 0 spiro atoms. The van der Waals surface area contributed by atoms with E-state index in [1.165, 1.54) is 16.0 Å². The van der Waals surface area contributed by atoms with Gasteiger partial charge < -0.3 is 9.47 Å². The zero-order valence-corrected chi connectivity index (χ0v) is 15.5. The van der Waals surface area contributed by atoms with Gasteiger partial charge >= 0.3 is 0 Å². The monoisotopic (exact) mass is 342 g/mol. The summed E-state index contributed by atoms with van der Waals surface area (Å²) < 4.78 is 11.9. The average molecular weight is 343 g/mol. The summed E-state index contributed by atoms with van der Waals surface area (Å²) in [4.78, 5) is 1.35. The van der Waals surface area contributed by atoms with Gasteiger partial charge in [0.15, 0.2) is 0 Å². The van der Waals surface area contributed by atoms with Crippen molar-refractivity contribution in [2.24, 2.45) is 0 Å². The van der Waals surface area contributed by atoms with Gasteiger partial charge in [-0.2, -0.15) is 0 Å². The van der Waals surface area contributed by atoms with Gasteiger partial charge in [0.2, 0.25) is 6.29 Å². The average Bonchev–Trinajstić information content (AvgIpc) is 2.65. The maximum atomic E-state index is 6.20. The Bertz CT molecular complexity index is 653. The van der Waals surface area contributed by atoms with E-state index in [9.17, 15) is 0 Å². The summed E-state index contributed by atoms with van der Waals surface area (Å²) in [5.41, 5.74) is 2.70. The van der Waals surface area contributed by atoms with Gasteiger partial charge in [-0.05, 0) is 53.8 Å². The Kier molecular flexibility index (Phi) is 5.85. The molecule has 1 aliphatic heterocycles. The molecule has 0 saturated heterocycles. The Hall–Kier alpha value is -1.45. The smallest absolute Gasteiger partial charge is 0.206 e. The van der Waals surface area contributed by atoms with E-state index in [1.807, 2.05) is 11.8 Å². The van der Waals surface area contributed by atoms with Crippen LogP contribution in [0.2, 0.25) is 0 Å². The fourth-order valence-electron chi connectivity index (χ4n) is 3.19. The van der Waals surface area contributed by atoms with Crippen molar-refractivity contribution >= 4 is 11.8 Å². The van der Waals surface area contributed by atoms with E-state index in [4.69, 9.17) is 9.47 Å². The van der Waals surface area contributed by atoms with Crippen molar-refractivity contribution in [3.05, 3.63) is 59.7 Å². The molecular formula is C21H26O2S. The maximum Gasteiger partial charge on any atom is 0.206 e. The van der Waals surface area contributed by atoms with Crippen LogP contribution in [0.5, 0.6) is 5.75 Å². The van der Waals surface area contributed by atoms with Crippen LogP contribution in [-0.4, -0.2) is 19.2 Å². The summed E-state index contributed by atoms with van der Waals surface area (Å²) >= 11 is 1.92. The highest BCUT2D eigenvalue weighted by atomic mass is 32.2. The number of benzene rings is 2. The SMILES string of the molecule is CCC(C)c1ccc(OC(OC)C2CCSc3ccccc32)cc1. The number of rotatable bonds is 6. The molecule has 0 bridgehead atoms. The van der Waals surface area contributed by atoms with E-state index < -0.39 is 0 Å². The second-order valence-electron chi connectivity index (χ2n) is 6.38. The van der Waals surface area contributed by atoms with Crippen molar-refractivity contribution in [3.8, 4) is 5.75 Å². The Morgan fingerprint density at radius 1 is 1.12 bits per heavy atom. The number of methoxy groups -OCH3 is 1. The molecule has 2 nitrogen and oxygen atoms in total. The van der Waals surface area contributed by atoms with Gasteiger partial charge in [-0.25, -0.2) is 0 Å². The Morgan fingerprint density at radius 3 is 2.58 bits per heavy atom. The van der Waals surface area contributed by atoms with E-state index in [0.29, 0.717) is 5.92 Å². The molecule has 0 fully saturated rings. The topological polar surface area (TPSA) is 18.5 Å². The van der Waals surface area contributed by atoms with Crippen LogP contribution in [0.4, 0.5) is 0 Å². The molecule has 0 aromatic heterocycles. The van der Waals surface area contributed by atoms with Crippen molar-refractivity contribution in [1.29, 1.82) is 0 Å². The Labute approximate surface area is 149 Å². The molecule has 0 amide bonds. The molecule has 0 radical (unpaired) electrons. The van der Waals surface area contributed by atoms with Gasteiger partial charge in [0.25, 0.3) is 0 Å². The van der Waals surface area contributed by atoms with Gasteiger partial charge in [-0.1, -0.05) is 44.2 Å². The lowest BCUT2D eigenvalue weighted by Crippen LogP contribution is -2.29. The predicted molar refractivity (Wildman–Crippen MR) is 101 cm³/mol. The standard InChI is InChI=1S/C21H26O2S/c1-4-15(2)16-9-11-17(12-10-16)23-21(22-3)19-13-14-24-20-8-6-5-7-18(19)20/h5-12,15,19,21H,4,13-14H2,1-3H3. The summed E-state index contributed by atoms with van der Waals surface area (Å²) in [6, 6.07) is 17.1. The number of fused-ring (bicyclic) bond motifs is 1. The van der Waals surface area contributed by atoms with Crippen molar-refractivity contribution in [2.45, 2.75) is 49.7 Å². The number of hydrogen-bond donors (Lipinski definition) is 0. The van der Waals surface area contributed by atoms with Gasteiger partial charge in [0.05, 0.1) is 0 Å². The normalized spacial score (nSPS) is 19.4. The second-order valence-corrected chi connectivity index (χ2v) is 7.52. The zero-order valence-electron chi connectivity index (χ0n) is 14.7. The zero-order chi connectivity index (χ0) is 16.9. The molecule has 2 aromatic carbocycles. The van der Waals surface area contributed by atoms with Crippen LogP contribution >= 0.6 is 11.8 Å². The number of hydrogen-bond acceptors (Lipinski definition) is 3. The molecule has 3 heteroatoms. The van der Waals surface area contributed by atoms with Crippen molar-refractivity contribution in [1.82, 2.24) is 0 Å². The summed E-state index contributed by atoms with van der Waals surface area (Å²) in [5.74, 6) is 2.85. The molecule has 3 unspecified atom stereocenters. The molecule has 3 atom stereocenters. The molecule has 0 saturated carbocycles. The second kappa shape index (κ2) is 8.09. The van der Waals surface area contributed by atoms with Crippen molar-refractivity contribution in [3.63, 3.8) is 0 Å². The third kappa shape index (κ3) is 3.79. The third-order valence-corrected chi connectivity index (χ3v) is 6.00. The van der Waals surface area contributed by atoms with Crippen molar-refractivity contribution < 1.29 is 9.47 Å². The van der Waals surface area contributed by atoms with Gasteiger partial charge in [0.1, 0.15) is 5.75 Å². The fraction of sp³-hybridized carbons (Fsp3) is 0.429. The third-order valence-electron chi connectivity index (χ3n) is 4.88. The van der Waals surface area contributed by atoms with E-state index >= 15 is 0 Å². The van der Waals surface area contributed by atoms with Crippen molar-refractivity contribution in [2.75, 3.05) is 12.9 Å². The van der Waals surface area contributed by atoms with Crippen LogP contribution in [0, 0.1) is 0 Å². The highest BCUT2D eigenvalue weighted by Crippen LogP contribution is 2.40. The first-order valence-corrected chi connectivity index (χ1v) is 9.72. The van der Waals surface area contributed by atoms with Crippen LogP contribution in [0.15, 0.2) is 53.4 Å². The van der Waals surface area contributed by atoms with E-state index in [-0.39, 0.29) is 12.2 Å². The van der Waals surface area contributed by atoms with Gasteiger partial charge in [-0.15, -0.1) is 11.8 Å². The molecule has 3 rings (SSSR count). The largest absolute Gasteiger partial charge is 0.464 e. The summed E-state index contributed by atoms with van der Waals surface area (Å²) in [5, 5.41) is 0. The van der Waals surface area contributed by atoms with Gasteiger partial charge in [-0.3, -0.25) is 0 Å². The molecule has 128 valence electrons. The summed E-state index contributed by atoms with van der Waals surface area (Å²) in [6.07, 6.45) is 1.98. The first-order valence-electron chi connectivity index (χ1n) is 8.74. The Balaban J connectivity index is 1.76. The lowest BCUT2D eigenvalue weighted by molar-refractivity contribution is -0.0729. The lowest BCUT2D eigenvalue weighted by atomic mass is 9.95. The minimum absolute atomic E-state index is 0.249.